The summed E-state index contributed by atoms with van der Waals surface area (Å²) in [7, 11) is 1.66. The van der Waals surface area contributed by atoms with E-state index in [0.29, 0.717) is 19.9 Å². The van der Waals surface area contributed by atoms with Crippen molar-refractivity contribution in [2.45, 2.75) is 6.73 Å². The van der Waals surface area contributed by atoms with Gasteiger partial charge in [0, 0.05) is 18.2 Å². The second-order valence-electron chi connectivity index (χ2n) is 3.63. The molecular formula is C13H16N2O2S. The molecule has 2 rings (SSSR count). The number of methoxy groups -OCH3 is 1. The molecule has 0 aromatic carbocycles. The van der Waals surface area contributed by atoms with Crippen LogP contribution in [-0.2, 0) is 16.2 Å². The summed E-state index contributed by atoms with van der Waals surface area (Å²) in [5.74, 6) is 0. The van der Waals surface area contributed by atoms with E-state index in [9.17, 15) is 0 Å². The summed E-state index contributed by atoms with van der Waals surface area (Å²) in [4.78, 5) is 1.23. The van der Waals surface area contributed by atoms with Crippen LogP contribution in [0.2, 0.25) is 0 Å². The molecule has 2 aromatic rings. The molecule has 0 saturated heterocycles. The maximum atomic E-state index is 5.44. The predicted molar refractivity (Wildman–Crippen MR) is 73.3 cm³/mol. The molecule has 0 aliphatic carbocycles. The highest BCUT2D eigenvalue weighted by Crippen LogP contribution is 2.13. The first-order chi connectivity index (χ1) is 8.90. The van der Waals surface area contributed by atoms with Crippen molar-refractivity contribution >= 4 is 23.5 Å². The number of aromatic nitrogens is 2. The van der Waals surface area contributed by atoms with Crippen LogP contribution in [-0.4, -0.2) is 30.1 Å². The van der Waals surface area contributed by atoms with Gasteiger partial charge in [0.25, 0.3) is 0 Å². The van der Waals surface area contributed by atoms with Crippen LogP contribution in [0.15, 0.2) is 29.8 Å². The van der Waals surface area contributed by atoms with Gasteiger partial charge in [-0.15, -0.1) is 11.3 Å². The number of nitrogens with zero attached hydrogens (tertiary/aromatic N) is 2. The lowest BCUT2D eigenvalue weighted by atomic mass is 10.3. The Morgan fingerprint density at radius 3 is 3.06 bits per heavy atom. The average molecular weight is 264 g/mol. The standard InChI is InChI=1S/C13H16N2O2S/c1-16-8-9-17-11-15-12(6-7-14-15)4-5-13-3-2-10-18-13/h2-7,10H,8-9,11H2,1H3/b5-4+. The van der Waals surface area contributed by atoms with Crippen molar-refractivity contribution in [1.29, 1.82) is 0 Å². The summed E-state index contributed by atoms with van der Waals surface area (Å²) in [5.41, 5.74) is 1.03. The van der Waals surface area contributed by atoms with Crippen LogP contribution in [0.1, 0.15) is 10.6 Å². The summed E-state index contributed by atoms with van der Waals surface area (Å²) in [5, 5.41) is 6.28. The van der Waals surface area contributed by atoms with E-state index in [2.05, 4.69) is 22.6 Å². The van der Waals surface area contributed by atoms with Gasteiger partial charge < -0.3 is 9.47 Å². The SMILES string of the molecule is COCCOCn1nccc1/C=C/c1cccs1. The topological polar surface area (TPSA) is 36.3 Å². The van der Waals surface area contributed by atoms with Crippen molar-refractivity contribution in [1.82, 2.24) is 9.78 Å². The van der Waals surface area contributed by atoms with E-state index in [-0.39, 0.29) is 0 Å². The maximum absolute atomic E-state index is 5.44. The molecule has 4 nitrogen and oxygen atoms in total. The van der Waals surface area contributed by atoms with E-state index in [0.717, 1.165) is 5.69 Å². The fourth-order valence-electron chi connectivity index (χ4n) is 1.44. The molecule has 0 radical (unpaired) electrons. The third-order valence-electron chi connectivity index (χ3n) is 2.36. The first-order valence-electron chi connectivity index (χ1n) is 5.70. The van der Waals surface area contributed by atoms with E-state index in [1.165, 1.54) is 4.88 Å². The Balaban J connectivity index is 1.91. The van der Waals surface area contributed by atoms with Gasteiger partial charge in [-0.2, -0.15) is 5.10 Å². The van der Waals surface area contributed by atoms with Gasteiger partial charge in [0.1, 0.15) is 6.73 Å². The Morgan fingerprint density at radius 2 is 2.28 bits per heavy atom. The number of hydrogen-bond donors (Lipinski definition) is 0. The zero-order valence-corrected chi connectivity index (χ0v) is 11.1. The number of hydrogen-bond acceptors (Lipinski definition) is 4. The van der Waals surface area contributed by atoms with Gasteiger partial charge >= 0.3 is 0 Å². The molecule has 0 aliphatic heterocycles. The minimum atomic E-state index is 0.445. The van der Waals surface area contributed by atoms with Crippen molar-refractivity contribution in [3.05, 3.63) is 40.3 Å². The van der Waals surface area contributed by atoms with E-state index in [1.807, 2.05) is 22.9 Å². The van der Waals surface area contributed by atoms with E-state index in [1.54, 1.807) is 24.6 Å². The summed E-state index contributed by atoms with van der Waals surface area (Å²) >= 11 is 1.71. The summed E-state index contributed by atoms with van der Waals surface area (Å²) in [6.45, 7) is 1.62. The fraction of sp³-hybridized carbons (Fsp3) is 0.308. The molecule has 5 heteroatoms. The highest BCUT2D eigenvalue weighted by atomic mass is 32.1. The Hall–Kier alpha value is -1.43. The molecule has 0 amide bonds. The first-order valence-corrected chi connectivity index (χ1v) is 6.58. The van der Waals surface area contributed by atoms with Crippen LogP contribution in [0.4, 0.5) is 0 Å². The minimum Gasteiger partial charge on any atom is -0.382 e. The highest BCUT2D eigenvalue weighted by molar-refractivity contribution is 7.10. The van der Waals surface area contributed by atoms with Crippen LogP contribution in [0.3, 0.4) is 0 Å². The molecule has 0 spiro atoms. The molecule has 0 fully saturated rings. The van der Waals surface area contributed by atoms with Crippen LogP contribution in [0.5, 0.6) is 0 Å². The van der Waals surface area contributed by atoms with Crippen molar-refractivity contribution in [3.63, 3.8) is 0 Å². The third kappa shape index (κ3) is 3.80. The zero-order chi connectivity index (χ0) is 12.6. The third-order valence-corrected chi connectivity index (χ3v) is 3.19. The summed E-state index contributed by atoms with van der Waals surface area (Å²) in [6, 6.07) is 6.08. The summed E-state index contributed by atoms with van der Waals surface area (Å²) in [6.07, 6.45) is 5.89. The van der Waals surface area contributed by atoms with Gasteiger partial charge in [-0.25, -0.2) is 4.68 Å². The lowest BCUT2D eigenvalue weighted by Crippen LogP contribution is -2.09. The quantitative estimate of drug-likeness (QED) is 0.721. The zero-order valence-electron chi connectivity index (χ0n) is 10.3. The monoisotopic (exact) mass is 264 g/mol. The van der Waals surface area contributed by atoms with Gasteiger partial charge in [-0.05, 0) is 29.7 Å². The molecule has 0 N–H and O–H groups in total. The fourth-order valence-corrected chi connectivity index (χ4v) is 2.06. The second kappa shape index (κ2) is 7.10. The van der Waals surface area contributed by atoms with E-state index < -0.39 is 0 Å². The van der Waals surface area contributed by atoms with Crippen LogP contribution >= 0.6 is 11.3 Å². The molecule has 0 aliphatic rings. The van der Waals surface area contributed by atoms with Crippen molar-refractivity contribution in [3.8, 4) is 0 Å². The molecule has 0 atom stereocenters. The Bertz CT molecular complexity index is 477. The van der Waals surface area contributed by atoms with Gasteiger partial charge in [0.05, 0.1) is 18.9 Å². The molecule has 96 valence electrons. The molecular weight excluding hydrogens is 248 g/mol. The van der Waals surface area contributed by atoms with Crippen molar-refractivity contribution in [2.75, 3.05) is 20.3 Å². The van der Waals surface area contributed by atoms with Gasteiger partial charge in [0.2, 0.25) is 0 Å². The number of ether oxygens (including phenoxy) is 2. The molecule has 0 bridgehead atoms. The first kappa shape index (κ1) is 13.0. The normalized spacial score (nSPS) is 11.4. The lowest BCUT2D eigenvalue weighted by Gasteiger charge is -2.05. The van der Waals surface area contributed by atoms with Crippen LogP contribution in [0.25, 0.3) is 12.2 Å². The molecule has 0 saturated carbocycles. The van der Waals surface area contributed by atoms with E-state index >= 15 is 0 Å². The Labute approximate surface area is 110 Å². The van der Waals surface area contributed by atoms with E-state index in [4.69, 9.17) is 9.47 Å². The Kier molecular flexibility index (Phi) is 5.14. The maximum Gasteiger partial charge on any atom is 0.140 e. The molecule has 0 unspecified atom stereocenters. The van der Waals surface area contributed by atoms with Gasteiger partial charge in [-0.3, -0.25) is 0 Å². The smallest absolute Gasteiger partial charge is 0.140 e. The minimum absolute atomic E-state index is 0.445. The predicted octanol–water partition coefficient (Wildman–Crippen LogP) is 2.74. The van der Waals surface area contributed by atoms with Gasteiger partial charge in [0.15, 0.2) is 0 Å². The molecule has 2 heterocycles. The van der Waals surface area contributed by atoms with Crippen LogP contribution < -0.4 is 0 Å². The number of thiophene rings is 1. The average Bonchev–Trinajstić information content (AvgIpc) is 3.03. The van der Waals surface area contributed by atoms with Crippen LogP contribution in [0, 0.1) is 0 Å². The van der Waals surface area contributed by atoms with Gasteiger partial charge in [-0.1, -0.05) is 6.07 Å². The second-order valence-corrected chi connectivity index (χ2v) is 4.61. The highest BCUT2D eigenvalue weighted by Gasteiger charge is 1.98. The Morgan fingerprint density at radius 1 is 1.33 bits per heavy atom. The molecule has 2 aromatic heterocycles. The lowest BCUT2D eigenvalue weighted by molar-refractivity contribution is 0.0286. The number of rotatable bonds is 7. The molecule has 18 heavy (non-hydrogen) atoms. The van der Waals surface area contributed by atoms with Crippen molar-refractivity contribution in [2.24, 2.45) is 0 Å². The summed E-state index contributed by atoms with van der Waals surface area (Å²) < 4.78 is 12.2. The van der Waals surface area contributed by atoms with Crippen molar-refractivity contribution < 1.29 is 9.47 Å². The largest absolute Gasteiger partial charge is 0.382 e.